The quantitative estimate of drug-likeness (QED) is 0.782. The number of carbonyl (C=O) groups is 1. The van der Waals surface area contributed by atoms with Crippen molar-refractivity contribution in [3.8, 4) is 0 Å². The topological polar surface area (TPSA) is 23.6 Å². The Morgan fingerprint density at radius 2 is 2.22 bits per heavy atom. The van der Waals surface area contributed by atoms with Crippen molar-refractivity contribution in [2.45, 2.75) is 18.9 Å². The average Bonchev–Trinajstić information content (AvgIpc) is 2.89. The van der Waals surface area contributed by atoms with Crippen LogP contribution in [0.3, 0.4) is 0 Å². The molecule has 1 aliphatic rings. The second-order valence-corrected chi connectivity index (χ2v) is 5.65. The van der Waals surface area contributed by atoms with Crippen molar-refractivity contribution >= 4 is 23.3 Å². The fourth-order valence-electron chi connectivity index (χ4n) is 2.22. The summed E-state index contributed by atoms with van der Waals surface area (Å²) in [6.45, 7) is 2.16. The number of carbonyl (C=O) groups excluding carboxylic acids is 1. The molecule has 2 heterocycles. The molecule has 0 aliphatic carbocycles. The van der Waals surface area contributed by atoms with Crippen LogP contribution in [0.2, 0.25) is 0 Å². The highest BCUT2D eigenvalue weighted by atomic mass is 32.1. The summed E-state index contributed by atoms with van der Waals surface area (Å²) in [7, 11) is 4.05. The number of rotatable bonds is 3. The van der Waals surface area contributed by atoms with Crippen molar-refractivity contribution in [2.75, 3.05) is 27.2 Å². The molecular weight excluding hydrogens is 244 g/mol. The van der Waals surface area contributed by atoms with Gasteiger partial charge < -0.3 is 9.80 Å². The first-order chi connectivity index (χ1) is 8.66. The van der Waals surface area contributed by atoms with Crippen LogP contribution < -0.4 is 0 Å². The summed E-state index contributed by atoms with van der Waals surface area (Å²) in [5, 5.41) is 4.06. The van der Waals surface area contributed by atoms with E-state index in [9.17, 15) is 4.79 Å². The zero-order valence-corrected chi connectivity index (χ0v) is 11.8. The van der Waals surface area contributed by atoms with E-state index >= 15 is 0 Å². The van der Waals surface area contributed by atoms with Crippen molar-refractivity contribution in [1.29, 1.82) is 0 Å². The van der Waals surface area contributed by atoms with Gasteiger partial charge in [0, 0.05) is 19.2 Å². The molecule has 1 aliphatic heterocycles. The SMILES string of the molecule is CN1CCC(N(C)C(=O)/C=C/c2ccsc2)CC1. The van der Waals surface area contributed by atoms with E-state index in [2.05, 4.69) is 11.9 Å². The first-order valence-corrected chi connectivity index (χ1v) is 7.26. The van der Waals surface area contributed by atoms with E-state index in [-0.39, 0.29) is 5.91 Å². The zero-order chi connectivity index (χ0) is 13.0. The standard InChI is InChI=1S/C14H20N2OS/c1-15-8-5-13(6-9-15)16(2)14(17)4-3-12-7-10-18-11-12/h3-4,7,10-11,13H,5-6,8-9H2,1-2H3/b4-3+. The molecule has 1 fully saturated rings. The van der Waals surface area contributed by atoms with Crippen molar-refractivity contribution in [2.24, 2.45) is 0 Å². The van der Waals surface area contributed by atoms with Gasteiger partial charge in [-0.1, -0.05) is 0 Å². The third-order valence-corrected chi connectivity index (χ3v) is 4.25. The summed E-state index contributed by atoms with van der Waals surface area (Å²) < 4.78 is 0. The number of hydrogen-bond donors (Lipinski definition) is 0. The highest BCUT2D eigenvalue weighted by Gasteiger charge is 2.22. The Hall–Kier alpha value is -1.13. The minimum atomic E-state index is 0.107. The monoisotopic (exact) mass is 264 g/mol. The summed E-state index contributed by atoms with van der Waals surface area (Å²) in [6.07, 6.45) is 5.72. The lowest BCUT2D eigenvalue weighted by Gasteiger charge is -2.34. The van der Waals surface area contributed by atoms with E-state index in [0.717, 1.165) is 31.5 Å². The fourth-order valence-corrected chi connectivity index (χ4v) is 2.85. The van der Waals surface area contributed by atoms with Gasteiger partial charge in [0.15, 0.2) is 0 Å². The normalized spacial score (nSPS) is 18.3. The molecule has 2 rings (SSSR count). The maximum atomic E-state index is 12.0. The van der Waals surface area contributed by atoms with Crippen molar-refractivity contribution < 1.29 is 4.79 Å². The summed E-state index contributed by atoms with van der Waals surface area (Å²) in [4.78, 5) is 16.2. The first kappa shape index (κ1) is 13.3. The predicted molar refractivity (Wildman–Crippen MR) is 76.6 cm³/mol. The summed E-state index contributed by atoms with van der Waals surface area (Å²) in [6, 6.07) is 2.41. The van der Waals surface area contributed by atoms with Gasteiger partial charge in [-0.05, 0) is 61.4 Å². The van der Waals surface area contributed by atoms with E-state index in [1.165, 1.54) is 0 Å². The average molecular weight is 264 g/mol. The zero-order valence-electron chi connectivity index (χ0n) is 11.0. The van der Waals surface area contributed by atoms with Crippen molar-refractivity contribution in [1.82, 2.24) is 9.80 Å². The lowest BCUT2D eigenvalue weighted by molar-refractivity contribution is -0.127. The van der Waals surface area contributed by atoms with Crippen LogP contribution in [0.15, 0.2) is 22.9 Å². The van der Waals surface area contributed by atoms with Gasteiger partial charge >= 0.3 is 0 Å². The summed E-state index contributed by atoms with van der Waals surface area (Å²) >= 11 is 1.65. The Morgan fingerprint density at radius 3 is 2.83 bits per heavy atom. The number of piperidine rings is 1. The van der Waals surface area contributed by atoms with Gasteiger partial charge in [0.05, 0.1) is 0 Å². The van der Waals surface area contributed by atoms with E-state index in [1.807, 2.05) is 34.9 Å². The second kappa shape index (κ2) is 6.16. The van der Waals surface area contributed by atoms with Crippen LogP contribution in [0, 0.1) is 0 Å². The molecule has 0 atom stereocenters. The number of likely N-dealkylation sites (tertiary alicyclic amines) is 1. The molecule has 98 valence electrons. The van der Waals surface area contributed by atoms with Crippen LogP contribution in [0.1, 0.15) is 18.4 Å². The van der Waals surface area contributed by atoms with Crippen LogP contribution in [0.4, 0.5) is 0 Å². The second-order valence-electron chi connectivity index (χ2n) is 4.87. The Kier molecular flexibility index (Phi) is 4.55. The Morgan fingerprint density at radius 1 is 1.50 bits per heavy atom. The van der Waals surface area contributed by atoms with Gasteiger partial charge in [0.2, 0.25) is 5.91 Å². The molecular formula is C14H20N2OS. The molecule has 1 amide bonds. The fraction of sp³-hybridized carbons (Fsp3) is 0.500. The van der Waals surface area contributed by atoms with Crippen molar-refractivity contribution in [3.63, 3.8) is 0 Å². The Bertz CT molecular complexity index is 405. The van der Waals surface area contributed by atoms with Gasteiger partial charge in [-0.15, -0.1) is 0 Å². The van der Waals surface area contributed by atoms with E-state index in [0.29, 0.717) is 6.04 Å². The predicted octanol–water partition coefficient (Wildman–Crippen LogP) is 2.31. The number of nitrogens with zero attached hydrogens (tertiary/aromatic N) is 2. The maximum absolute atomic E-state index is 12.0. The largest absolute Gasteiger partial charge is 0.339 e. The molecule has 1 aromatic heterocycles. The van der Waals surface area contributed by atoms with Crippen LogP contribution in [0.5, 0.6) is 0 Å². The van der Waals surface area contributed by atoms with Gasteiger partial charge in [0.25, 0.3) is 0 Å². The van der Waals surface area contributed by atoms with Crippen LogP contribution in [-0.4, -0.2) is 48.9 Å². The minimum Gasteiger partial charge on any atom is -0.339 e. The van der Waals surface area contributed by atoms with Gasteiger partial charge in [-0.3, -0.25) is 4.79 Å². The first-order valence-electron chi connectivity index (χ1n) is 6.32. The Labute approximate surface area is 113 Å². The molecule has 0 unspecified atom stereocenters. The maximum Gasteiger partial charge on any atom is 0.246 e. The van der Waals surface area contributed by atoms with Gasteiger partial charge in [-0.25, -0.2) is 0 Å². The van der Waals surface area contributed by atoms with Crippen molar-refractivity contribution in [3.05, 3.63) is 28.5 Å². The number of hydrogen-bond acceptors (Lipinski definition) is 3. The smallest absolute Gasteiger partial charge is 0.246 e. The highest BCUT2D eigenvalue weighted by Crippen LogP contribution is 2.15. The third kappa shape index (κ3) is 3.43. The lowest BCUT2D eigenvalue weighted by atomic mass is 10.0. The molecule has 18 heavy (non-hydrogen) atoms. The highest BCUT2D eigenvalue weighted by molar-refractivity contribution is 7.08. The van der Waals surface area contributed by atoms with E-state index in [1.54, 1.807) is 17.4 Å². The van der Waals surface area contributed by atoms with E-state index < -0.39 is 0 Å². The molecule has 0 spiro atoms. The lowest BCUT2D eigenvalue weighted by Crippen LogP contribution is -2.43. The molecule has 0 saturated carbocycles. The molecule has 0 aromatic carbocycles. The number of likely N-dealkylation sites (N-methyl/N-ethyl adjacent to an activating group) is 1. The minimum absolute atomic E-state index is 0.107. The molecule has 0 radical (unpaired) electrons. The molecule has 1 saturated heterocycles. The molecule has 4 heteroatoms. The van der Waals surface area contributed by atoms with Crippen LogP contribution in [0.25, 0.3) is 6.08 Å². The van der Waals surface area contributed by atoms with Crippen LogP contribution >= 0.6 is 11.3 Å². The Balaban J connectivity index is 1.88. The number of thiophene rings is 1. The van der Waals surface area contributed by atoms with Crippen LogP contribution in [-0.2, 0) is 4.79 Å². The van der Waals surface area contributed by atoms with E-state index in [4.69, 9.17) is 0 Å². The van der Waals surface area contributed by atoms with Gasteiger partial charge in [-0.2, -0.15) is 11.3 Å². The summed E-state index contributed by atoms with van der Waals surface area (Å²) in [5.74, 6) is 0.107. The molecule has 3 nitrogen and oxygen atoms in total. The van der Waals surface area contributed by atoms with Gasteiger partial charge in [0.1, 0.15) is 0 Å². The third-order valence-electron chi connectivity index (χ3n) is 3.54. The molecule has 0 N–H and O–H groups in total. The molecule has 0 bridgehead atoms. The number of amides is 1. The summed E-state index contributed by atoms with van der Waals surface area (Å²) in [5.41, 5.74) is 1.10. The molecule has 1 aromatic rings.